The van der Waals surface area contributed by atoms with Crippen molar-refractivity contribution in [2.24, 2.45) is 7.05 Å². The smallest absolute Gasteiger partial charge is 0.329 e. The standard InChI is InChI=1S/C14H17N5O3/c1-8-6-19-10-11(17(2)14(21)16-12(10)20)15-13(19)18(8)7-9-4-3-5-22-9/h6,9H,3-5,7H2,1-2H3,(H,16,20,21)/t9-/m0/s1. The number of ether oxygens (including phenoxy) is 1. The van der Waals surface area contributed by atoms with Crippen LogP contribution in [0.5, 0.6) is 0 Å². The van der Waals surface area contributed by atoms with Gasteiger partial charge in [-0.1, -0.05) is 0 Å². The van der Waals surface area contributed by atoms with Gasteiger partial charge in [0, 0.05) is 25.5 Å². The predicted octanol–water partition coefficient (Wildman–Crippen LogP) is 0.163. The second kappa shape index (κ2) is 4.57. The first-order valence-corrected chi connectivity index (χ1v) is 7.35. The highest BCUT2D eigenvalue weighted by molar-refractivity contribution is 5.75. The Morgan fingerprint density at radius 3 is 3.00 bits per heavy atom. The summed E-state index contributed by atoms with van der Waals surface area (Å²) in [5.74, 6) is 0.662. The largest absolute Gasteiger partial charge is 0.376 e. The monoisotopic (exact) mass is 303 g/mol. The molecule has 0 bridgehead atoms. The van der Waals surface area contributed by atoms with Crippen LogP contribution in [0.15, 0.2) is 15.8 Å². The molecule has 1 N–H and O–H groups in total. The Morgan fingerprint density at radius 2 is 2.27 bits per heavy atom. The van der Waals surface area contributed by atoms with Crippen molar-refractivity contribution in [2.75, 3.05) is 6.61 Å². The summed E-state index contributed by atoms with van der Waals surface area (Å²) in [6, 6.07) is 0. The second-order valence-corrected chi connectivity index (χ2v) is 5.79. The van der Waals surface area contributed by atoms with Crippen molar-refractivity contribution in [3.63, 3.8) is 0 Å². The Kier molecular flexibility index (Phi) is 2.77. The third kappa shape index (κ3) is 1.77. The van der Waals surface area contributed by atoms with Crippen LogP contribution >= 0.6 is 0 Å². The van der Waals surface area contributed by atoms with Gasteiger partial charge in [-0.25, -0.2) is 4.79 Å². The molecule has 3 aromatic heterocycles. The molecule has 0 saturated carbocycles. The summed E-state index contributed by atoms with van der Waals surface area (Å²) in [6.45, 7) is 3.48. The Hall–Kier alpha value is -2.35. The zero-order chi connectivity index (χ0) is 15.4. The molecule has 1 aliphatic heterocycles. The molecule has 116 valence electrons. The van der Waals surface area contributed by atoms with E-state index >= 15 is 0 Å². The third-order valence-electron chi connectivity index (χ3n) is 4.33. The fourth-order valence-corrected chi connectivity index (χ4v) is 3.13. The highest BCUT2D eigenvalue weighted by Crippen LogP contribution is 2.20. The van der Waals surface area contributed by atoms with Crippen molar-refractivity contribution >= 4 is 16.9 Å². The highest BCUT2D eigenvalue weighted by atomic mass is 16.5. The van der Waals surface area contributed by atoms with Crippen molar-refractivity contribution < 1.29 is 4.74 Å². The lowest BCUT2D eigenvalue weighted by Gasteiger charge is -2.11. The number of hydrogen-bond acceptors (Lipinski definition) is 4. The van der Waals surface area contributed by atoms with Crippen molar-refractivity contribution in [2.45, 2.75) is 32.4 Å². The molecular weight excluding hydrogens is 286 g/mol. The van der Waals surface area contributed by atoms with Gasteiger partial charge in [-0.15, -0.1) is 0 Å². The van der Waals surface area contributed by atoms with Gasteiger partial charge >= 0.3 is 5.69 Å². The van der Waals surface area contributed by atoms with Gasteiger partial charge < -0.3 is 9.30 Å². The molecule has 1 fully saturated rings. The zero-order valence-electron chi connectivity index (χ0n) is 12.5. The predicted molar refractivity (Wildman–Crippen MR) is 80.3 cm³/mol. The molecule has 0 unspecified atom stereocenters. The molecule has 0 spiro atoms. The van der Waals surface area contributed by atoms with E-state index in [4.69, 9.17) is 4.74 Å². The van der Waals surface area contributed by atoms with Crippen molar-refractivity contribution in [1.29, 1.82) is 0 Å². The average Bonchev–Trinajstić information content (AvgIpc) is 3.15. The van der Waals surface area contributed by atoms with E-state index in [2.05, 4.69) is 9.97 Å². The molecule has 1 atom stereocenters. The quantitative estimate of drug-likeness (QED) is 0.731. The van der Waals surface area contributed by atoms with Crippen LogP contribution in [0.2, 0.25) is 0 Å². The molecule has 1 aliphatic rings. The number of hydrogen-bond donors (Lipinski definition) is 1. The summed E-state index contributed by atoms with van der Waals surface area (Å²) in [4.78, 5) is 30.7. The first kappa shape index (κ1) is 13.3. The van der Waals surface area contributed by atoms with Gasteiger partial charge in [0.25, 0.3) is 5.56 Å². The maximum absolute atomic E-state index is 12.1. The van der Waals surface area contributed by atoms with Crippen LogP contribution in [-0.2, 0) is 18.3 Å². The van der Waals surface area contributed by atoms with Gasteiger partial charge in [0.15, 0.2) is 11.2 Å². The molecule has 4 heterocycles. The number of H-pyrrole nitrogens is 1. The maximum Gasteiger partial charge on any atom is 0.329 e. The van der Waals surface area contributed by atoms with Crippen molar-refractivity contribution in [3.05, 3.63) is 32.7 Å². The Labute approximate surface area is 125 Å². The molecular formula is C14H17N5O3. The SMILES string of the molecule is Cc1cn2c3c(=O)[nH]c(=O)n(C)c3nc2n1C[C@@H]1CCCO1. The summed E-state index contributed by atoms with van der Waals surface area (Å²) >= 11 is 0. The Bertz CT molecular complexity index is 984. The van der Waals surface area contributed by atoms with E-state index in [1.54, 1.807) is 11.4 Å². The van der Waals surface area contributed by atoms with Crippen LogP contribution in [0.1, 0.15) is 18.5 Å². The molecule has 1 saturated heterocycles. The number of nitrogens with zero attached hydrogens (tertiary/aromatic N) is 4. The number of aryl methyl sites for hydroxylation is 2. The summed E-state index contributed by atoms with van der Waals surface area (Å²) in [6.07, 6.45) is 4.16. The lowest BCUT2D eigenvalue weighted by molar-refractivity contribution is 0.0974. The fraction of sp³-hybridized carbons (Fsp3) is 0.500. The molecule has 22 heavy (non-hydrogen) atoms. The molecule has 0 aromatic carbocycles. The normalized spacial score (nSPS) is 18.7. The number of fused-ring (bicyclic) bond motifs is 3. The van der Waals surface area contributed by atoms with E-state index in [0.717, 1.165) is 25.1 Å². The minimum absolute atomic E-state index is 0.178. The van der Waals surface area contributed by atoms with Crippen LogP contribution < -0.4 is 11.2 Å². The van der Waals surface area contributed by atoms with E-state index in [9.17, 15) is 9.59 Å². The minimum Gasteiger partial charge on any atom is -0.376 e. The topological polar surface area (TPSA) is 86.3 Å². The van der Waals surface area contributed by atoms with E-state index < -0.39 is 11.2 Å². The molecule has 4 rings (SSSR count). The van der Waals surface area contributed by atoms with E-state index in [0.29, 0.717) is 23.5 Å². The summed E-state index contributed by atoms with van der Waals surface area (Å²) < 4.78 is 10.8. The van der Waals surface area contributed by atoms with Crippen LogP contribution in [0, 0.1) is 6.92 Å². The number of imidazole rings is 2. The van der Waals surface area contributed by atoms with E-state index in [1.807, 2.05) is 17.7 Å². The van der Waals surface area contributed by atoms with Gasteiger partial charge in [0.1, 0.15) is 0 Å². The van der Waals surface area contributed by atoms with Crippen LogP contribution in [-0.4, -0.2) is 36.2 Å². The summed E-state index contributed by atoms with van der Waals surface area (Å²) in [5.41, 5.74) is 0.921. The summed E-state index contributed by atoms with van der Waals surface area (Å²) in [5, 5.41) is 0. The van der Waals surface area contributed by atoms with Gasteiger partial charge in [0.05, 0.1) is 12.6 Å². The molecule has 0 amide bonds. The molecule has 0 radical (unpaired) electrons. The van der Waals surface area contributed by atoms with Crippen LogP contribution in [0.25, 0.3) is 16.9 Å². The third-order valence-corrected chi connectivity index (χ3v) is 4.33. The summed E-state index contributed by atoms with van der Waals surface area (Å²) in [7, 11) is 1.60. The van der Waals surface area contributed by atoms with Gasteiger partial charge in [0.2, 0.25) is 5.78 Å². The number of aromatic nitrogens is 5. The lowest BCUT2D eigenvalue weighted by Crippen LogP contribution is -2.28. The average molecular weight is 303 g/mol. The van der Waals surface area contributed by atoms with Crippen LogP contribution in [0.4, 0.5) is 0 Å². The first-order valence-electron chi connectivity index (χ1n) is 7.35. The minimum atomic E-state index is -0.458. The zero-order valence-corrected chi connectivity index (χ0v) is 12.5. The number of nitrogens with one attached hydrogen (secondary N) is 1. The van der Waals surface area contributed by atoms with Gasteiger partial charge in [-0.05, 0) is 19.8 Å². The number of rotatable bonds is 2. The van der Waals surface area contributed by atoms with Crippen LogP contribution in [0.3, 0.4) is 0 Å². The maximum atomic E-state index is 12.1. The second-order valence-electron chi connectivity index (χ2n) is 5.79. The molecule has 3 aromatic rings. The molecule has 0 aliphatic carbocycles. The van der Waals surface area contributed by atoms with Crippen molar-refractivity contribution in [3.8, 4) is 0 Å². The molecule has 8 heteroatoms. The Balaban J connectivity index is 1.98. The number of aromatic amines is 1. The van der Waals surface area contributed by atoms with Gasteiger partial charge in [-0.3, -0.25) is 18.7 Å². The molecule has 8 nitrogen and oxygen atoms in total. The van der Waals surface area contributed by atoms with E-state index in [-0.39, 0.29) is 6.10 Å². The first-order chi connectivity index (χ1) is 10.6. The van der Waals surface area contributed by atoms with Crippen molar-refractivity contribution in [1.82, 2.24) is 23.5 Å². The fourth-order valence-electron chi connectivity index (χ4n) is 3.13. The highest BCUT2D eigenvalue weighted by Gasteiger charge is 2.21. The van der Waals surface area contributed by atoms with Gasteiger partial charge in [-0.2, -0.15) is 4.98 Å². The Morgan fingerprint density at radius 1 is 1.45 bits per heavy atom. The van der Waals surface area contributed by atoms with E-state index in [1.165, 1.54) is 4.57 Å². The lowest BCUT2D eigenvalue weighted by atomic mass is 10.2.